The van der Waals surface area contributed by atoms with Crippen LogP contribution in [0.25, 0.3) is 6.08 Å². The predicted molar refractivity (Wildman–Crippen MR) is 60.6 cm³/mol. The van der Waals surface area contributed by atoms with Crippen molar-refractivity contribution in [2.75, 3.05) is 0 Å². The molecule has 0 heterocycles. The lowest BCUT2D eigenvalue weighted by Crippen LogP contribution is -2.29. The molecule has 0 radical (unpaired) electrons. The van der Waals surface area contributed by atoms with Gasteiger partial charge in [-0.1, -0.05) is 36.4 Å². The maximum absolute atomic E-state index is 11.6. The van der Waals surface area contributed by atoms with Gasteiger partial charge in [0.25, 0.3) is 0 Å². The van der Waals surface area contributed by atoms with Crippen LogP contribution in [0.5, 0.6) is 0 Å². The molecule has 1 fully saturated rings. The van der Waals surface area contributed by atoms with Gasteiger partial charge in [0.05, 0.1) is 0 Å². The van der Waals surface area contributed by atoms with Crippen LogP contribution in [0.4, 0.5) is 0 Å². The lowest BCUT2D eigenvalue weighted by molar-refractivity contribution is -0.121. The van der Waals surface area contributed by atoms with Crippen molar-refractivity contribution >= 4 is 11.9 Å². The highest BCUT2D eigenvalue weighted by Crippen LogP contribution is 2.45. The summed E-state index contributed by atoms with van der Waals surface area (Å²) in [5.74, 6) is 0.419. The smallest absolute Gasteiger partial charge is 0.134 e. The van der Waals surface area contributed by atoms with E-state index in [-0.39, 0.29) is 5.41 Å². The van der Waals surface area contributed by atoms with E-state index >= 15 is 0 Å². The second-order valence-corrected chi connectivity index (χ2v) is 4.65. The largest absolute Gasteiger partial charge is 0.300 e. The highest BCUT2D eigenvalue weighted by molar-refractivity contribution is 5.83. The molecule has 1 atom stereocenters. The number of allylic oxidation sites excluding steroid dienone is 1. The van der Waals surface area contributed by atoms with Crippen molar-refractivity contribution in [1.29, 1.82) is 0 Å². The molecule has 2 aliphatic rings. The molecule has 0 amide bonds. The fourth-order valence-corrected chi connectivity index (χ4v) is 2.94. The molecule has 2 aliphatic carbocycles. The Morgan fingerprint density at radius 3 is 2.93 bits per heavy atom. The van der Waals surface area contributed by atoms with Crippen LogP contribution >= 0.6 is 0 Å². The van der Waals surface area contributed by atoms with Crippen LogP contribution in [-0.4, -0.2) is 5.78 Å². The van der Waals surface area contributed by atoms with Gasteiger partial charge in [0.1, 0.15) is 5.78 Å². The van der Waals surface area contributed by atoms with Crippen molar-refractivity contribution in [2.45, 2.75) is 31.1 Å². The number of hydrogen-bond donors (Lipinski definition) is 0. The molecule has 15 heavy (non-hydrogen) atoms. The molecule has 0 bridgehead atoms. The topological polar surface area (TPSA) is 17.1 Å². The van der Waals surface area contributed by atoms with E-state index in [2.05, 4.69) is 36.4 Å². The second-order valence-electron chi connectivity index (χ2n) is 4.65. The van der Waals surface area contributed by atoms with Crippen LogP contribution in [0, 0.1) is 0 Å². The lowest BCUT2D eigenvalue weighted by Gasteiger charge is -2.32. The first-order chi connectivity index (χ1) is 7.30. The van der Waals surface area contributed by atoms with Gasteiger partial charge in [0.15, 0.2) is 0 Å². The molecule has 1 aromatic rings. The Labute approximate surface area is 89.8 Å². The first-order valence-corrected chi connectivity index (χ1v) is 5.61. The molecule has 1 spiro atoms. The first kappa shape index (κ1) is 8.90. The number of benzene rings is 1. The average molecular weight is 198 g/mol. The van der Waals surface area contributed by atoms with Crippen LogP contribution in [0.2, 0.25) is 0 Å². The van der Waals surface area contributed by atoms with E-state index in [9.17, 15) is 4.79 Å². The molecule has 1 nitrogen and oxygen atoms in total. The summed E-state index contributed by atoms with van der Waals surface area (Å²) in [6.45, 7) is 0. The fraction of sp³-hybridized carbons (Fsp3) is 0.357. The van der Waals surface area contributed by atoms with Crippen molar-refractivity contribution in [2.24, 2.45) is 0 Å². The van der Waals surface area contributed by atoms with Gasteiger partial charge in [-0.15, -0.1) is 0 Å². The van der Waals surface area contributed by atoms with Crippen molar-refractivity contribution in [1.82, 2.24) is 0 Å². The standard InChI is InChI=1S/C14H14O/c15-12-5-3-8-14(10-12)9-7-11-4-1-2-6-13(11)14/h1-2,4,6-7,9H,3,5,8,10H2. The van der Waals surface area contributed by atoms with Gasteiger partial charge in [-0.05, 0) is 24.0 Å². The summed E-state index contributed by atoms with van der Waals surface area (Å²) in [6, 6.07) is 8.45. The van der Waals surface area contributed by atoms with Gasteiger partial charge in [0.2, 0.25) is 0 Å². The highest BCUT2D eigenvalue weighted by atomic mass is 16.1. The second kappa shape index (κ2) is 3.06. The van der Waals surface area contributed by atoms with Gasteiger partial charge in [-0.2, -0.15) is 0 Å². The number of hydrogen-bond acceptors (Lipinski definition) is 1. The molecule has 3 rings (SSSR count). The number of rotatable bonds is 0. The number of carbonyl (C=O) groups excluding carboxylic acids is 1. The Balaban J connectivity index is 2.08. The van der Waals surface area contributed by atoms with Gasteiger partial charge in [-0.3, -0.25) is 4.79 Å². The quantitative estimate of drug-likeness (QED) is 0.626. The normalized spacial score (nSPS) is 28.4. The monoisotopic (exact) mass is 198 g/mol. The van der Waals surface area contributed by atoms with Crippen LogP contribution in [0.3, 0.4) is 0 Å². The van der Waals surface area contributed by atoms with Gasteiger partial charge < -0.3 is 0 Å². The molecule has 1 unspecified atom stereocenters. The summed E-state index contributed by atoms with van der Waals surface area (Å²) in [5, 5.41) is 0. The molecular weight excluding hydrogens is 184 g/mol. The van der Waals surface area contributed by atoms with Gasteiger partial charge in [-0.25, -0.2) is 0 Å². The average Bonchev–Trinajstić information content (AvgIpc) is 2.59. The van der Waals surface area contributed by atoms with Crippen LogP contribution in [0.1, 0.15) is 36.8 Å². The third-order valence-corrected chi connectivity index (χ3v) is 3.67. The minimum Gasteiger partial charge on any atom is -0.300 e. The molecular formula is C14H14O. The SMILES string of the molecule is O=C1CCCC2(C=Cc3ccccc32)C1. The Kier molecular flexibility index (Phi) is 1.82. The summed E-state index contributed by atoms with van der Waals surface area (Å²) in [5.41, 5.74) is 2.71. The molecule has 1 saturated carbocycles. The van der Waals surface area contributed by atoms with E-state index < -0.39 is 0 Å². The fourth-order valence-electron chi connectivity index (χ4n) is 2.94. The zero-order chi connectivity index (χ0) is 10.3. The maximum atomic E-state index is 11.6. The van der Waals surface area contributed by atoms with Crippen molar-refractivity contribution in [3.8, 4) is 0 Å². The summed E-state index contributed by atoms with van der Waals surface area (Å²) in [6.07, 6.45) is 8.07. The number of fused-ring (bicyclic) bond motifs is 2. The molecule has 1 heteroatoms. The van der Waals surface area contributed by atoms with E-state index in [1.807, 2.05) is 0 Å². The molecule has 0 saturated heterocycles. The third-order valence-electron chi connectivity index (χ3n) is 3.67. The Hall–Kier alpha value is -1.37. The molecule has 0 N–H and O–H groups in total. The molecule has 1 aromatic carbocycles. The zero-order valence-electron chi connectivity index (χ0n) is 8.70. The van der Waals surface area contributed by atoms with Crippen LogP contribution in [0.15, 0.2) is 30.3 Å². The van der Waals surface area contributed by atoms with E-state index in [1.54, 1.807) is 0 Å². The van der Waals surface area contributed by atoms with E-state index in [0.717, 1.165) is 19.3 Å². The summed E-state index contributed by atoms with van der Waals surface area (Å²) in [7, 11) is 0. The minimum atomic E-state index is 0.0475. The van der Waals surface area contributed by atoms with Crippen LogP contribution in [-0.2, 0) is 10.2 Å². The number of Topliss-reactive ketones (excluding diaryl/α,β-unsaturated/α-hetero) is 1. The first-order valence-electron chi connectivity index (χ1n) is 5.61. The lowest BCUT2D eigenvalue weighted by atomic mass is 9.70. The Bertz CT molecular complexity index is 444. The Morgan fingerprint density at radius 1 is 1.20 bits per heavy atom. The van der Waals surface area contributed by atoms with Gasteiger partial charge in [0, 0.05) is 18.3 Å². The summed E-state index contributed by atoms with van der Waals surface area (Å²) in [4.78, 5) is 11.6. The van der Waals surface area contributed by atoms with E-state index in [4.69, 9.17) is 0 Å². The third kappa shape index (κ3) is 1.26. The number of carbonyl (C=O) groups is 1. The van der Waals surface area contributed by atoms with Crippen molar-refractivity contribution in [3.63, 3.8) is 0 Å². The minimum absolute atomic E-state index is 0.0475. The van der Waals surface area contributed by atoms with Crippen LogP contribution < -0.4 is 0 Å². The van der Waals surface area contributed by atoms with Crippen molar-refractivity contribution in [3.05, 3.63) is 41.5 Å². The molecule has 0 aromatic heterocycles. The predicted octanol–water partition coefficient (Wildman–Crippen LogP) is 3.09. The highest BCUT2D eigenvalue weighted by Gasteiger charge is 2.38. The van der Waals surface area contributed by atoms with E-state index in [0.29, 0.717) is 12.2 Å². The van der Waals surface area contributed by atoms with Gasteiger partial charge >= 0.3 is 0 Å². The maximum Gasteiger partial charge on any atom is 0.134 e. The van der Waals surface area contributed by atoms with Crippen molar-refractivity contribution < 1.29 is 4.79 Å². The molecule has 76 valence electrons. The Morgan fingerprint density at radius 2 is 2.07 bits per heavy atom. The molecule has 0 aliphatic heterocycles. The summed E-state index contributed by atoms with van der Waals surface area (Å²) >= 11 is 0. The number of ketones is 1. The summed E-state index contributed by atoms with van der Waals surface area (Å²) < 4.78 is 0. The van der Waals surface area contributed by atoms with E-state index in [1.165, 1.54) is 11.1 Å². The zero-order valence-corrected chi connectivity index (χ0v) is 8.70.